The Morgan fingerprint density at radius 3 is 2.71 bits per heavy atom. The monoisotopic (exact) mass is 332 g/mol. The lowest BCUT2D eigenvalue weighted by molar-refractivity contribution is -0.151. The van der Waals surface area contributed by atoms with Gasteiger partial charge in [0.05, 0.1) is 0 Å². The normalized spacial score (nSPS) is 16.4. The van der Waals surface area contributed by atoms with Gasteiger partial charge in [-0.05, 0) is 30.4 Å². The zero-order valence-electron chi connectivity index (χ0n) is 14.0. The Morgan fingerprint density at radius 1 is 1.25 bits per heavy atom. The van der Waals surface area contributed by atoms with Gasteiger partial charge in [-0.2, -0.15) is 0 Å². The first-order valence-corrected chi connectivity index (χ1v) is 8.41. The molecule has 1 aromatic carbocycles. The number of rotatable bonds is 7. The number of aliphatic carboxylic acids is 1. The van der Waals surface area contributed by atoms with E-state index in [2.05, 4.69) is 5.32 Å². The van der Waals surface area contributed by atoms with Gasteiger partial charge in [0, 0.05) is 25.9 Å². The summed E-state index contributed by atoms with van der Waals surface area (Å²) in [5, 5.41) is 12.3. The van der Waals surface area contributed by atoms with Gasteiger partial charge < -0.3 is 15.3 Å². The maximum Gasteiger partial charge on any atom is 0.331 e. The number of fused-ring (bicyclic) bond motifs is 1. The molecule has 0 aliphatic carbocycles. The Labute approximate surface area is 141 Å². The van der Waals surface area contributed by atoms with Gasteiger partial charge in [-0.3, -0.25) is 9.59 Å². The molecule has 0 aromatic heterocycles. The lowest BCUT2D eigenvalue weighted by Crippen LogP contribution is -2.43. The average molecular weight is 332 g/mol. The van der Waals surface area contributed by atoms with E-state index >= 15 is 0 Å². The van der Waals surface area contributed by atoms with E-state index in [1.165, 1.54) is 4.90 Å². The number of hydrogen-bond donors (Lipinski definition) is 2. The Bertz CT molecular complexity index is 615. The van der Waals surface area contributed by atoms with Crippen LogP contribution in [0, 0.1) is 0 Å². The summed E-state index contributed by atoms with van der Waals surface area (Å²) in [6.45, 7) is 3.01. The summed E-state index contributed by atoms with van der Waals surface area (Å²) < 4.78 is 0. The number of benzene rings is 1. The third-order valence-electron chi connectivity index (χ3n) is 4.20. The molecular formula is C18H24N2O4. The molecular weight excluding hydrogens is 308 g/mol. The van der Waals surface area contributed by atoms with Gasteiger partial charge in [0.2, 0.25) is 11.8 Å². The van der Waals surface area contributed by atoms with Crippen LogP contribution in [0.3, 0.4) is 0 Å². The molecule has 6 nitrogen and oxygen atoms in total. The molecule has 2 N–H and O–H groups in total. The summed E-state index contributed by atoms with van der Waals surface area (Å²) in [5.74, 6) is -1.29. The van der Waals surface area contributed by atoms with Gasteiger partial charge in [-0.25, -0.2) is 4.79 Å². The first-order valence-electron chi connectivity index (χ1n) is 8.41. The molecule has 1 unspecified atom stereocenters. The molecule has 1 aliphatic heterocycles. The zero-order valence-corrected chi connectivity index (χ0v) is 14.0. The molecule has 0 saturated heterocycles. The molecule has 2 amide bonds. The van der Waals surface area contributed by atoms with Crippen LogP contribution in [-0.2, 0) is 20.8 Å². The number of carboxylic acid groups (broad SMARTS) is 1. The summed E-state index contributed by atoms with van der Waals surface area (Å²) in [5.41, 5.74) is 1.66. The van der Waals surface area contributed by atoms with E-state index in [-0.39, 0.29) is 24.7 Å². The Balaban J connectivity index is 1.96. The quantitative estimate of drug-likeness (QED) is 0.798. The highest BCUT2D eigenvalue weighted by molar-refractivity contribution is 5.86. The van der Waals surface area contributed by atoms with Gasteiger partial charge in [0.15, 0.2) is 6.04 Å². The zero-order chi connectivity index (χ0) is 17.5. The Kier molecular flexibility index (Phi) is 6.35. The van der Waals surface area contributed by atoms with Crippen molar-refractivity contribution in [2.24, 2.45) is 0 Å². The molecule has 0 spiro atoms. The highest BCUT2D eigenvalue weighted by Crippen LogP contribution is 2.30. The largest absolute Gasteiger partial charge is 0.479 e. The molecule has 1 heterocycles. The molecule has 130 valence electrons. The summed E-state index contributed by atoms with van der Waals surface area (Å²) >= 11 is 0. The standard InChI is InChI=1S/C18H24N2O4/c1-2-11-19-15(21)8-5-9-16(22)20-12-10-13-6-3-4-7-14(13)17(20)18(23)24/h3-4,6-7,17H,2,5,8-12H2,1H3,(H,19,21)(H,23,24). The molecule has 0 fully saturated rings. The van der Waals surface area contributed by atoms with E-state index in [9.17, 15) is 19.5 Å². The fourth-order valence-electron chi connectivity index (χ4n) is 3.00. The van der Waals surface area contributed by atoms with E-state index in [4.69, 9.17) is 0 Å². The number of carbonyl (C=O) groups excluding carboxylic acids is 2. The van der Waals surface area contributed by atoms with Crippen LogP contribution < -0.4 is 5.32 Å². The number of amides is 2. The topological polar surface area (TPSA) is 86.7 Å². The van der Waals surface area contributed by atoms with Crippen LogP contribution in [0.4, 0.5) is 0 Å². The second-order valence-corrected chi connectivity index (χ2v) is 5.98. The van der Waals surface area contributed by atoms with Crippen LogP contribution in [0.2, 0.25) is 0 Å². The van der Waals surface area contributed by atoms with Crippen LogP contribution in [0.1, 0.15) is 49.8 Å². The third-order valence-corrected chi connectivity index (χ3v) is 4.20. The van der Waals surface area contributed by atoms with Crippen LogP contribution in [0.25, 0.3) is 0 Å². The van der Waals surface area contributed by atoms with Crippen molar-refractivity contribution in [2.75, 3.05) is 13.1 Å². The van der Waals surface area contributed by atoms with Crippen molar-refractivity contribution in [1.29, 1.82) is 0 Å². The van der Waals surface area contributed by atoms with E-state index in [0.29, 0.717) is 31.5 Å². The van der Waals surface area contributed by atoms with Crippen molar-refractivity contribution in [2.45, 2.75) is 45.1 Å². The predicted octanol–water partition coefficient (Wildman–Crippen LogP) is 1.89. The minimum Gasteiger partial charge on any atom is -0.479 e. The van der Waals surface area contributed by atoms with Gasteiger partial charge in [0.25, 0.3) is 0 Å². The lowest BCUT2D eigenvalue weighted by atomic mass is 9.92. The molecule has 1 aliphatic rings. The molecule has 1 atom stereocenters. The van der Waals surface area contributed by atoms with Crippen LogP contribution in [-0.4, -0.2) is 40.9 Å². The number of nitrogens with zero attached hydrogens (tertiary/aromatic N) is 1. The molecule has 2 rings (SSSR count). The van der Waals surface area contributed by atoms with E-state index in [0.717, 1.165) is 12.0 Å². The summed E-state index contributed by atoms with van der Waals surface area (Å²) in [7, 11) is 0. The Morgan fingerprint density at radius 2 is 2.00 bits per heavy atom. The van der Waals surface area contributed by atoms with Gasteiger partial charge >= 0.3 is 5.97 Å². The van der Waals surface area contributed by atoms with Gasteiger partial charge in [-0.15, -0.1) is 0 Å². The molecule has 1 aromatic rings. The minimum atomic E-state index is -1.02. The van der Waals surface area contributed by atoms with Gasteiger partial charge in [0.1, 0.15) is 0 Å². The molecule has 0 radical (unpaired) electrons. The minimum absolute atomic E-state index is 0.0663. The number of nitrogens with one attached hydrogen (secondary N) is 1. The van der Waals surface area contributed by atoms with Crippen molar-refractivity contribution < 1.29 is 19.5 Å². The fourth-order valence-corrected chi connectivity index (χ4v) is 3.00. The van der Waals surface area contributed by atoms with Crippen molar-refractivity contribution in [1.82, 2.24) is 10.2 Å². The average Bonchev–Trinajstić information content (AvgIpc) is 2.58. The fraction of sp³-hybridized carbons (Fsp3) is 0.500. The highest BCUT2D eigenvalue weighted by Gasteiger charge is 2.35. The SMILES string of the molecule is CCCNC(=O)CCCC(=O)N1CCc2ccccc2C1C(=O)O. The summed E-state index contributed by atoms with van der Waals surface area (Å²) in [6.07, 6.45) is 2.43. The van der Waals surface area contributed by atoms with Gasteiger partial charge in [-0.1, -0.05) is 31.2 Å². The second kappa shape index (κ2) is 8.47. The molecule has 0 saturated carbocycles. The third kappa shape index (κ3) is 4.34. The van der Waals surface area contributed by atoms with Crippen LogP contribution >= 0.6 is 0 Å². The van der Waals surface area contributed by atoms with E-state index in [1.54, 1.807) is 12.1 Å². The van der Waals surface area contributed by atoms with Crippen molar-refractivity contribution in [3.63, 3.8) is 0 Å². The van der Waals surface area contributed by atoms with Crippen molar-refractivity contribution in [3.05, 3.63) is 35.4 Å². The first kappa shape index (κ1) is 18.0. The molecule has 6 heteroatoms. The number of carbonyl (C=O) groups is 3. The predicted molar refractivity (Wildman–Crippen MR) is 89.4 cm³/mol. The Hall–Kier alpha value is -2.37. The number of hydrogen-bond acceptors (Lipinski definition) is 3. The van der Waals surface area contributed by atoms with Crippen molar-refractivity contribution >= 4 is 17.8 Å². The summed E-state index contributed by atoms with van der Waals surface area (Å²) in [4.78, 5) is 37.1. The maximum absolute atomic E-state index is 12.4. The van der Waals surface area contributed by atoms with E-state index < -0.39 is 12.0 Å². The smallest absolute Gasteiger partial charge is 0.331 e. The number of carboxylic acids is 1. The maximum atomic E-state index is 12.4. The van der Waals surface area contributed by atoms with E-state index in [1.807, 2.05) is 19.1 Å². The molecule has 0 bridgehead atoms. The first-order chi connectivity index (χ1) is 11.5. The van der Waals surface area contributed by atoms with Crippen LogP contribution in [0.15, 0.2) is 24.3 Å². The van der Waals surface area contributed by atoms with Crippen LogP contribution in [0.5, 0.6) is 0 Å². The lowest BCUT2D eigenvalue weighted by Gasteiger charge is -2.34. The second-order valence-electron chi connectivity index (χ2n) is 5.98. The highest BCUT2D eigenvalue weighted by atomic mass is 16.4. The molecule has 24 heavy (non-hydrogen) atoms. The summed E-state index contributed by atoms with van der Waals surface area (Å²) in [6, 6.07) is 6.42. The van der Waals surface area contributed by atoms with Crippen molar-refractivity contribution in [3.8, 4) is 0 Å².